The van der Waals surface area contributed by atoms with E-state index < -0.39 is 0 Å². The first kappa shape index (κ1) is 10.1. The first-order valence-electron chi connectivity index (χ1n) is 2.46. The van der Waals surface area contributed by atoms with Gasteiger partial charge in [0.15, 0.2) is 0 Å². The summed E-state index contributed by atoms with van der Waals surface area (Å²) >= 11 is 11.1. The molecule has 0 fully saturated rings. The quantitative estimate of drug-likeness (QED) is 0.629. The van der Waals surface area contributed by atoms with Crippen LogP contribution in [0, 0.1) is 0 Å². The van der Waals surface area contributed by atoms with Crippen LogP contribution < -0.4 is 0 Å². The molecule has 0 saturated carbocycles. The van der Waals surface area contributed by atoms with E-state index in [-0.39, 0.29) is 6.15 Å². The summed E-state index contributed by atoms with van der Waals surface area (Å²) in [5.41, 5.74) is 0. The van der Waals surface area contributed by atoms with Crippen LogP contribution in [0.5, 0.6) is 0 Å². The van der Waals surface area contributed by atoms with Crippen LogP contribution in [-0.4, -0.2) is 11.1 Å². The molecule has 0 aliphatic rings. The van der Waals surface area contributed by atoms with Gasteiger partial charge in [0.2, 0.25) is 0 Å². The summed E-state index contributed by atoms with van der Waals surface area (Å²) in [7, 11) is 0. The van der Waals surface area contributed by atoms with Crippen molar-refractivity contribution in [2.75, 3.05) is 0 Å². The Hall–Kier alpha value is -0.890. The minimum atomic E-state index is 0.250. The topological polar surface area (TPSA) is 47.0 Å². The third-order valence-electron chi connectivity index (χ3n) is 0.723. The van der Waals surface area contributed by atoms with Gasteiger partial charge in [-0.3, -0.25) is 4.98 Å². The molecule has 0 aliphatic heterocycles. The zero-order chi connectivity index (χ0) is 8.69. The molecule has 0 spiro atoms. The molecule has 1 aromatic rings. The number of pyridine rings is 1. The maximum absolute atomic E-state index is 8.12. The van der Waals surface area contributed by atoms with Crippen molar-refractivity contribution in [2.45, 2.75) is 0 Å². The van der Waals surface area contributed by atoms with Crippen LogP contribution in [0.15, 0.2) is 18.5 Å². The molecule has 3 nitrogen and oxygen atoms in total. The zero-order valence-electron chi connectivity index (χ0n) is 5.25. The van der Waals surface area contributed by atoms with Crippen molar-refractivity contribution in [3.05, 3.63) is 28.5 Å². The van der Waals surface area contributed by atoms with Gasteiger partial charge in [-0.2, -0.15) is 9.59 Å². The van der Waals surface area contributed by atoms with E-state index in [0.717, 1.165) is 0 Å². The summed E-state index contributed by atoms with van der Waals surface area (Å²) in [4.78, 5) is 20.0. The van der Waals surface area contributed by atoms with E-state index in [4.69, 9.17) is 32.8 Å². The summed E-state index contributed by atoms with van der Waals surface area (Å²) in [6.45, 7) is 0. The summed E-state index contributed by atoms with van der Waals surface area (Å²) < 4.78 is 0. The van der Waals surface area contributed by atoms with E-state index in [1.807, 2.05) is 0 Å². The second-order valence-corrected chi connectivity index (χ2v) is 2.19. The fourth-order valence-electron chi connectivity index (χ4n) is 0.358. The lowest BCUT2D eigenvalue weighted by molar-refractivity contribution is -0.191. The number of halogens is 2. The molecule has 58 valence electrons. The Balaban J connectivity index is 0.000000292. The lowest BCUT2D eigenvalue weighted by Gasteiger charge is -1.87. The highest BCUT2D eigenvalue weighted by molar-refractivity contribution is 6.41. The summed E-state index contributed by atoms with van der Waals surface area (Å²) in [6.07, 6.45) is 3.35. The first-order valence-corrected chi connectivity index (χ1v) is 3.22. The maximum Gasteiger partial charge on any atom is 0.373 e. The Kier molecular flexibility index (Phi) is 5.39. The van der Waals surface area contributed by atoms with Gasteiger partial charge in [0.25, 0.3) is 0 Å². The number of nitrogens with zero attached hydrogens (tertiary/aromatic N) is 1. The summed E-state index contributed by atoms with van der Waals surface area (Å²) in [5.74, 6) is 0. The van der Waals surface area contributed by atoms with Crippen molar-refractivity contribution in [2.24, 2.45) is 0 Å². The van der Waals surface area contributed by atoms with Gasteiger partial charge >= 0.3 is 6.15 Å². The molecule has 11 heavy (non-hydrogen) atoms. The van der Waals surface area contributed by atoms with E-state index in [0.29, 0.717) is 10.0 Å². The molecule has 0 radical (unpaired) electrons. The minimum absolute atomic E-state index is 0.250. The van der Waals surface area contributed by atoms with Gasteiger partial charge in [-0.1, -0.05) is 23.2 Å². The molecular weight excluding hydrogens is 189 g/mol. The van der Waals surface area contributed by atoms with Gasteiger partial charge < -0.3 is 0 Å². The Bertz CT molecular complexity index is 238. The second kappa shape index (κ2) is 5.86. The minimum Gasteiger partial charge on any atom is -0.263 e. The van der Waals surface area contributed by atoms with Gasteiger partial charge in [0.05, 0.1) is 10.0 Å². The average molecular weight is 192 g/mol. The molecule has 0 atom stereocenters. The Morgan fingerprint density at radius 2 is 1.82 bits per heavy atom. The molecule has 1 aromatic heterocycles. The van der Waals surface area contributed by atoms with Crippen molar-refractivity contribution < 1.29 is 9.59 Å². The van der Waals surface area contributed by atoms with Crippen molar-refractivity contribution >= 4 is 29.4 Å². The van der Waals surface area contributed by atoms with E-state index in [1.165, 1.54) is 6.20 Å². The highest BCUT2D eigenvalue weighted by atomic mass is 35.5. The zero-order valence-corrected chi connectivity index (χ0v) is 6.76. The predicted molar refractivity (Wildman–Crippen MR) is 39.3 cm³/mol. The van der Waals surface area contributed by atoms with Crippen molar-refractivity contribution in [1.29, 1.82) is 0 Å². The monoisotopic (exact) mass is 191 g/mol. The summed E-state index contributed by atoms with van der Waals surface area (Å²) in [5, 5.41) is 1.04. The molecule has 0 bridgehead atoms. The van der Waals surface area contributed by atoms with Gasteiger partial charge in [-0.25, -0.2) is 0 Å². The Labute approximate surface area is 73.0 Å². The van der Waals surface area contributed by atoms with Crippen molar-refractivity contribution in [3.63, 3.8) is 0 Å². The van der Waals surface area contributed by atoms with Gasteiger partial charge in [0, 0.05) is 12.4 Å². The normalized spacial score (nSPS) is 7.45. The largest absolute Gasteiger partial charge is 0.373 e. The fraction of sp³-hybridized carbons (Fsp3) is 0. The first-order chi connectivity index (χ1) is 5.22. The molecule has 0 aliphatic carbocycles. The number of carbonyl (C=O) groups excluding carboxylic acids is 2. The Morgan fingerprint density at radius 1 is 1.27 bits per heavy atom. The standard InChI is InChI=1S/C5H3Cl2N.CO2/c6-4-1-2-8-3-5(4)7;2-1-3/h1-3H;. The SMILES string of the molecule is Clc1ccncc1Cl.O=C=O. The molecule has 1 rings (SSSR count). The van der Waals surface area contributed by atoms with Gasteiger partial charge in [-0.05, 0) is 6.07 Å². The molecule has 1 heterocycles. The van der Waals surface area contributed by atoms with Crippen LogP contribution in [0.4, 0.5) is 0 Å². The van der Waals surface area contributed by atoms with Crippen LogP contribution in [-0.2, 0) is 9.59 Å². The molecule has 0 aromatic carbocycles. The lowest BCUT2D eigenvalue weighted by Crippen LogP contribution is -1.68. The average Bonchev–Trinajstić information content (AvgIpc) is 1.97. The number of rotatable bonds is 0. The number of hydrogen-bond donors (Lipinski definition) is 0. The van der Waals surface area contributed by atoms with Gasteiger partial charge in [-0.15, -0.1) is 0 Å². The van der Waals surface area contributed by atoms with E-state index >= 15 is 0 Å². The molecule has 5 heteroatoms. The second-order valence-electron chi connectivity index (χ2n) is 1.37. The van der Waals surface area contributed by atoms with E-state index in [2.05, 4.69) is 4.98 Å². The van der Waals surface area contributed by atoms with E-state index in [1.54, 1.807) is 12.3 Å². The molecule has 0 N–H and O–H groups in total. The number of hydrogen-bond acceptors (Lipinski definition) is 3. The smallest absolute Gasteiger partial charge is 0.263 e. The highest BCUT2D eigenvalue weighted by Crippen LogP contribution is 2.17. The molecule has 0 unspecified atom stereocenters. The van der Waals surface area contributed by atoms with Crippen LogP contribution in [0.1, 0.15) is 0 Å². The highest BCUT2D eigenvalue weighted by Gasteiger charge is 1.90. The van der Waals surface area contributed by atoms with Crippen LogP contribution in [0.2, 0.25) is 10.0 Å². The van der Waals surface area contributed by atoms with Crippen molar-refractivity contribution in [3.8, 4) is 0 Å². The Morgan fingerprint density at radius 3 is 2.09 bits per heavy atom. The van der Waals surface area contributed by atoms with Crippen molar-refractivity contribution in [1.82, 2.24) is 4.98 Å². The number of aromatic nitrogens is 1. The molecular formula is C6H3Cl2NO2. The summed E-state index contributed by atoms with van der Waals surface area (Å²) in [6, 6.07) is 1.64. The maximum atomic E-state index is 8.12. The third-order valence-corrected chi connectivity index (χ3v) is 1.45. The molecule has 0 saturated heterocycles. The van der Waals surface area contributed by atoms with Gasteiger partial charge in [0.1, 0.15) is 0 Å². The third kappa shape index (κ3) is 4.51. The fourth-order valence-corrected chi connectivity index (χ4v) is 0.583. The predicted octanol–water partition coefficient (Wildman–Crippen LogP) is 1.80. The lowest BCUT2D eigenvalue weighted by atomic mass is 10.5. The van der Waals surface area contributed by atoms with Crippen LogP contribution in [0.3, 0.4) is 0 Å². The van der Waals surface area contributed by atoms with E-state index in [9.17, 15) is 0 Å². The molecule has 0 amide bonds. The van der Waals surface area contributed by atoms with Crippen LogP contribution in [0.25, 0.3) is 0 Å². The van der Waals surface area contributed by atoms with Crippen LogP contribution >= 0.6 is 23.2 Å².